The highest BCUT2D eigenvalue weighted by Gasteiger charge is 2.23. The Labute approximate surface area is 140 Å². The number of carbonyl (C=O) groups is 1. The predicted octanol–water partition coefficient (Wildman–Crippen LogP) is 2.31. The van der Waals surface area contributed by atoms with E-state index in [0.717, 1.165) is 6.07 Å². The van der Waals surface area contributed by atoms with Crippen LogP contribution in [-0.4, -0.2) is 52.7 Å². The van der Waals surface area contributed by atoms with Crippen molar-refractivity contribution in [2.24, 2.45) is 0 Å². The second kappa shape index (κ2) is 8.01. The van der Waals surface area contributed by atoms with Crippen LogP contribution in [0.3, 0.4) is 0 Å². The molecule has 1 heterocycles. The monoisotopic (exact) mass is 336 g/mol. The molecule has 0 spiro atoms. The Bertz CT molecular complexity index is 673. The zero-order valence-corrected chi connectivity index (χ0v) is 14.1. The third kappa shape index (κ3) is 4.61. The van der Waals surface area contributed by atoms with E-state index in [1.54, 1.807) is 35.0 Å². The van der Waals surface area contributed by atoms with E-state index in [4.69, 9.17) is 0 Å². The summed E-state index contributed by atoms with van der Waals surface area (Å²) in [4.78, 5) is 16.3. The summed E-state index contributed by atoms with van der Waals surface area (Å²) in [6.07, 6.45) is 3.32. The van der Waals surface area contributed by atoms with Gasteiger partial charge in [-0.3, -0.25) is 9.48 Å². The van der Waals surface area contributed by atoms with E-state index in [-0.39, 0.29) is 18.0 Å². The van der Waals surface area contributed by atoms with Crippen molar-refractivity contribution in [2.45, 2.75) is 19.5 Å². The summed E-state index contributed by atoms with van der Waals surface area (Å²) in [5.74, 6) is -1.44. The number of aromatic nitrogens is 2. The average Bonchev–Trinajstić information content (AvgIpc) is 3.06. The molecule has 1 amide bonds. The van der Waals surface area contributed by atoms with Crippen molar-refractivity contribution in [3.8, 4) is 0 Å². The number of hydrogen-bond donors (Lipinski definition) is 0. The smallest absolute Gasteiger partial charge is 0.247 e. The van der Waals surface area contributed by atoms with Crippen molar-refractivity contribution in [3.63, 3.8) is 0 Å². The van der Waals surface area contributed by atoms with Crippen LogP contribution in [0.15, 0.2) is 36.7 Å². The first kappa shape index (κ1) is 18.1. The third-order valence-electron chi connectivity index (χ3n) is 3.78. The van der Waals surface area contributed by atoms with Gasteiger partial charge in [0, 0.05) is 43.7 Å². The average molecular weight is 336 g/mol. The summed E-state index contributed by atoms with van der Waals surface area (Å²) in [6.45, 7) is 2.91. The highest BCUT2D eigenvalue weighted by atomic mass is 19.1. The van der Waals surface area contributed by atoms with Crippen molar-refractivity contribution >= 4 is 5.91 Å². The molecule has 7 heteroatoms. The molecule has 0 fully saturated rings. The lowest BCUT2D eigenvalue weighted by atomic mass is 10.1. The normalized spacial score (nSPS) is 12.4. The van der Waals surface area contributed by atoms with Crippen LogP contribution in [0.4, 0.5) is 8.78 Å². The summed E-state index contributed by atoms with van der Waals surface area (Å²) in [7, 11) is 3.80. The molecular formula is C17H22F2N4O. The Morgan fingerprint density at radius 3 is 2.62 bits per heavy atom. The Kier molecular flexibility index (Phi) is 6.03. The standard InChI is InChI=1S/C17H22F2N4O/c1-13(23-8-4-7-20-23)17(24)22(10-9-21(2)3)12-14-5-6-15(18)11-16(14)19/h4-8,11,13H,9-10,12H2,1-3H3/t13-/m1/s1. The van der Waals surface area contributed by atoms with Crippen molar-refractivity contribution in [2.75, 3.05) is 27.2 Å². The van der Waals surface area contributed by atoms with Crippen molar-refractivity contribution in [1.29, 1.82) is 0 Å². The van der Waals surface area contributed by atoms with Gasteiger partial charge in [-0.05, 0) is 33.2 Å². The number of nitrogens with zero attached hydrogens (tertiary/aromatic N) is 4. The van der Waals surface area contributed by atoms with Crippen LogP contribution in [-0.2, 0) is 11.3 Å². The lowest BCUT2D eigenvalue weighted by Gasteiger charge is -2.27. The minimum atomic E-state index is -0.649. The van der Waals surface area contributed by atoms with E-state index in [9.17, 15) is 13.6 Å². The minimum absolute atomic E-state index is 0.0877. The maximum absolute atomic E-state index is 13.9. The van der Waals surface area contributed by atoms with Gasteiger partial charge in [-0.15, -0.1) is 0 Å². The molecule has 0 aliphatic heterocycles. The Balaban J connectivity index is 2.18. The van der Waals surface area contributed by atoms with Gasteiger partial charge in [0.2, 0.25) is 5.91 Å². The topological polar surface area (TPSA) is 41.4 Å². The van der Waals surface area contributed by atoms with E-state index in [2.05, 4.69) is 5.10 Å². The first-order valence-electron chi connectivity index (χ1n) is 7.75. The molecule has 0 unspecified atom stereocenters. The molecule has 0 N–H and O–H groups in total. The number of benzene rings is 1. The Hall–Kier alpha value is -2.28. The van der Waals surface area contributed by atoms with E-state index < -0.39 is 17.7 Å². The van der Waals surface area contributed by atoms with E-state index >= 15 is 0 Å². The van der Waals surface area contributed by atoms with Crippen molar-refractivity contribution in [1.82, 2.24) is 19.6 Å². The molecule has 0 radical (unpaired) electrons. The van der Waals surface area contributed by atoms with E-state index in [0.29, 0.717) is 13.1 Å². The van der Waals surface area contributed by atoms with Crippen LogP contribution in [0.2, 0.25) is 0 Å². The number of amides is 1. The molecule has 0 aliphatic rings. The highest BCUT2D eigenvalue weighted by Crippen LogP contribution is 2.16. The molecule has 1 aromatic carbocycles. The molecule has 24 heavy (non-hydrogen) atoms. The number of rotatable bonds is 7. The molecular weight excluding hydrogens is 314 g/mol. The molecule has 2 rings (SSSR count). The maximum atomic E-state index is 13.9. The quantitative estimate of drug-likeness (QED) is 0.779. The summed E-state index contributed by atoms with van der Waals surface area (Å²) < 4.78 is 28.6. The molecule has 2 aromatic rings. The zero-order chi connectivity index (χ0) is 17.7. The summed E-state index contributed by atoms with van der Waals surface area (Å²) in [5, 5.41) is 4.09. The molecule has 0 saturated heterocycles. The van der Waals surface area contributed by atoms with Crippen LogP contribution in [0.1, 0.15) is 18.5 Å². The lowest BCUT2D eigenvalue weighted by Crippen LogP contribution is -2.40. The van der Waals surface area contributed by atoms with Gasteiger partial charge >= 0.3 is 0 Å². The Morgan fingerprint density at radius 1 is 1.29 bits per heavy atom. The number of hydrogen-bond acceptors (Lipinski definition) is 3. The van der Waals surface area contributed by atoms with Gasteiger partial charge in [0.25, 0.3) is 0 Å². The number of halogens is 2. The lowest BCUT2D eigenvalue weighted by molar-refractivity contribution is -0.135. The van der Waals surface area contributed by atoms with Gasteiger partial charge in [0.1, 0.15) is 17.7 Å². The SMILES string of the molecule is C[C@H](C(=O)N(CCN(C)C)Cc1ccc(F)cc1F)n1cccn1. The van der Waals surface area contributed by atoms with Crippen LogP contribution < -0.4 is 0 Å². The Morgan fingerprint density at radius 2 is 2.04 bits per heavy atom. The number of carbonyl (C=O) groups excluding carboxylic acids is 1. The summed E-state index contributed by atoms with van der Waals surface area (Å²) in [5.41, 5.74) is 0.288. The van der Waals surface area contributed by atoms with Gasteiger partial charge in [-0.1, -0.05) is 6.07 Å². The fourth-order valence-corrected chi connectivity index (χ4v) is 2.33. The predicted molar refractivity (Wildman–Crippen MR) is 87.3 cm³/mol. The van der Waals surface area contributed by atoms with Crippen molar-refractivity contribution in [3.05, 3.63) is 53.9 Å². The largest absolute Gasteiger partial charge is 0.335 e. The first-order chi connectivity index (χ1) is 11.4. The summed E-state index contributed by atoms with van der Waals surface area (Å²) in [6, 6.07) is 4.66. The zero-order valence-electron chi connectivity index (χ0n) is 14.1. The van der Waals surface area contributed by atoms with Crippen LogP contribution in [0, 0.1) is 11.6 Å². The maximum Gasteiger partial charge on any atom is 0.247 e. The van der Waals surface area contributed by atoms with Gasteiger partial charge in [0.05, 0.1) is 0 Å². The molecule has 5 nitrogen and oxygen atoms in total. The molecule has 1 aromatic heterocycles. The van der Waals surface area contributed by atoms with Crippen LogP contribution >= 0.6 is 0 Å². The van der Waals surface area contributed by atoms with E-state index in [1.807, 2.05) is 19.0 Å². The first-order valence-corrected chi connectivity index (χ1v) is 7.75. The second-order valence-corrected chi connectivity index (χ2v) is 5.96. The molecule has 1 atom stereocenters. The summed E-state index contributed by atoms with van der Waals surface area (Å²) >= 11 is 0. The fourth-order valence-electron chi connectivity index (χ4n) is 2.33. The number of likely N-dealkylation sites (N-methyl/N-ethyl adjacent to an activating group) is 1. The molecule has 0 bridgehead atoms. The molecule has 0 aliphatic carbocycles. The van der Waals surface area contributed by atoms with Crippen molar-refractivity contribution < 1.29 is 13.6 Å². The minimum Gasteiger partial charge on any atom is -0.335 e. The van der Waals surface area contributed by atoms with E-state index in [1.165, 1.54) is 12.1 Å². The van der Waals surface area contributed by atoms with Gasteiger partial charge in [-0.2, -0.15) is 5.10 Å². The highest BCUT2D eigenvalue weighted by molar-refractivity contribution is 5.80. The third-order valence-corrected chi connectivity index (χ3v) is 3.78. The fraction of sp³-hybridized carbons (Fsp3) is 0.412. The van der Waals surface area contributed by atoms with Gasteiger partial charge in [-0.25, -0.2) is 8.78 Å². The second-order valence-electron chi connectivity index (χ2n) is 5.96. The molecule has 130 valence electrons. The van der Waals surface area contributed by atoms with Crippen LogP contribution in [0.5, 0.6) is 0 Å². The molecule has 0 saturated carbocycles. The van der Waals surface area contributed by atoms with Gasteiger partial charge in [0.15, 0.2) is 0 Å². The van der Waals surface area contributed by atoms with Crippen LogP contribution in [0.25, 0.3) is 0 Å². The van der Waals surface area contributed by atoms with Gasteiger partial charge < -0.3 is 9.80 Å².